The Labute approximate surface area is 260 Å². The number of hydrogen-bond donors (Lipinski definition) is 4. The molecule has 44 heavy (non-hydrogen) atoms. The van der Waals surface area contributed by atoms with Crippen LogP contribution in [-0.2, 0) is 33.6 Å². The Hall–Kier alpha value is -3.31. The standard InChI is InChI=1S/C32H51N5O7/c1-8-11-21(25(39)30(43)34-20-14-15-20)35-28(41)23-16-19-12-9-10-13-22(19)37(23)31(44)26(32(5,6)7)36-27(40)18(4)33-29(42)24(38)17(2)3/h17-23,26H,8-16H2,1-7H3,(H,33,42)(H,34,43)(H,35,41)(H,36,40)/t18-,19?,21-,22?,23-,26+/m0/s1. The second kappa shape index (κ2) is 14.6. The molecule has 1 saturated heterocycles. The number of amides is 5. The zero-order valence-electron chi connectivity index (χ0n) is 27.3. The van der Waals surface area contributed by atoms with Crippen LogP contribution in [0.3, 0.4) is 0 Å². The lowest BCUT2D eigenvalue weighted by Crippen LogP contribution is -2.62. The van der Waals surface area contributed by atoms with E-state index in [1.165, 1.54) is 6.92 Å². The van der Waals surface area contributed by atoms with Gasteiger partial charge in [-0.15, -0.1) is 0 Å². The smallest absolute Gasteiger partial charge is 0.289 e. The quantitative estimate of drug-likeness (QED) is 0.227. The van der Waals surface area contributed by atoms with Crippen molar-refractivity contribution in [2.75, 3.05) is 0 Å². The van der Waals surface area contributed by atoms with Crippen molar-refractivity contribution >= 4 is 41.1 Å². The molecule has 2 unspecified atom stereocenters. The van der Waals surface area contributed by atoms with Gasteiger partial charge in [0.25, 0.3) is 11.8 Å². The third-order valence-corrected chi connectivity index (χ3v) is 8.88. The van der Waals surface area contributed by atoms with Crippen molar-refractivity contribution in [1.29, 1.82) is 0 Å². The molecule has 3 aliphatic rings. The first-order chi connectivity index (χ1) is 20.6. The molecule has 0 spiro atoms. The second-order valence-electron chi connectivity index (χ2n) is 14.1. The maximum atomic E-state index is 14.4. The summed E-state index contributed by atoms with van der Waals surface area (Å²) in [6.45, 7) is 11.9. The molecule has 3 fully saturated rings. The SMILES string of the molecule is CCC[C@H](NC(=O)[C@@H]1CC2CCCCC2N1C(=O)[C@@H](NC(=O)[C@H](C)NC(=O)C(=O)C(C)C)C(C)(C)C)C(=O)C(=O)NC1CC1. The Bertz CT molecular complexity index is 1140. The van der Waals surface area contributed by atoms with Gasteiger partial charge in [0.05, 0.1) is 6.04 Å². The summed E-state index contributed by atoms with van der Waals surface area (Å²) in [4.78, 5) is 92.9. The summed E-state index contributed by atoms with van der Waals surface area (Å²) >= 11 is 0. The van der Waals surface area contributed by atoms with Gasteiger partial charge in [0.15, 0.2) is 0 Å². The summed E-state index contributed by atoms with van der Waals surface area (Å²) in [7, 11) is 0. The highest BCUT2D eigenvalue weighted by atomic mass is 16.2. The van der Waals surface area contributed by atoms with Gasteiger partial charge < -0.3 is 26.2 Å². The number of carbonyl (C=O) groups excluding carboxylic acids is 7. The van der Waals surface area contributed by atoms with Crippen LogP contribution in [0.2, 0.25) is 0 Å². The van der Waals surface area contributed by atoms with Crippen molar-refractivity contribution in [3.05, 3.63) is 0 Å². The average Bonchev–Trinajstić information content (AvgIpc) is 3.69. The van der Waals surface area contributed by atoms with Crippen LogP contribution in [0, 0.1) is 17.3 Å². The highest BCUT2D eigenvalue weighted by Crippen LogP contribution is 2.41. The molecule has 0 aromatic carbocycles. The molecule has 0 aromatic heterocycles. The summed E-state index contributed by atoms with van der Waals surface area (Å²) in [5.74, 6) is -4.87. The number of Topliss-reactive ketones (excluding diaryl/α,β-unsaturated/α-hetero) is 2. The minimum atomic E-state index is -1.08. The van der Waals surface area contributed by atoms with Crippen LogP contribution in [0.4, 0.5) is 0 Å². The van der Waals surface area contributed by atoms with E-state index in [-0.39, 0.29) is 18.0 Å². The molecule has 2 saturated carbocycles. The first kappa shape index (κ1) is 35.2. The molecule has 246 valence electrons. The fourth-order valence-electron chi connectivity index (χ4n) is 6.14. The topological polar surface area (TPSA) is 171 Å². The lowest BCUT2D eigenvalue weighted by Gasteiger charge is -2.40. The van der Waals surface area contributed by atoms with Gasteiger partial charge in [0.1, 0.15) is 18.1 Å². The fourth-order valence-corrected chi connectivity index (χ4v) is 6.14. The number of likely N-dealkylation sites (tertiary alicyclic amines) is 1. The Balaban J connectivity index is 1.82. The van der Waals surface area contributed by atoms with Crippen LogP contribution in [-0.4, -0.2) is 82.3 Å². The molecule has 12 nitrogen and oxygen atoms in total. The predicted molar refractivity (Wildman–Crippen MR) is 163 cm³/mol. The van der Waals surface area contributed by atoms with Crippen molar-refractivity contribution < 1.29 is 33.6 Å². The molecular formula is C32H51N5O7. The number of rotatable bonds is 13. The van der Waals surface area contributed by atoms with Crippen molar-refractivity contribution in [3.63, 3.8) is 0 Å². The minimum absolute atomic E-state index is 0.00627. The number of nitrogens with zero attached hydrogens (tertiary/aromatic N) is 1. The molecule has 0 bridgehead atoms. The maximum absolute atomic E-state index is 14.4. The third-order valence-electron chi connectivity index (χ3n) is 8.88. The predicted octanol–water partition coefficient (Wildman–Crippen LogP) is 1.54. The first-order valence-corrected chi connectivity index (χ1v) is 16.2. The summed E-state index contributed by atoms with van der Waals surface area (Å²) in [5.41, 5.74) is -0.764. The van der Waals surface area contributed by atoms with Crippen molar-refractivity contribution in [2.45, 2.75) is 143 Å². The number of carbonyl (C=O) groups is 7. The zero-order valence-corrected chi connectivity index (χ0v) is 27.3. The fraction of sp³-hybridized carbons (Fsp3) is 0.781. The van der Waals surface area contributed by atoms with Crippen molar-refractivity contribution in [1.82, 2.24) is 26.2 Å². The second-order valence-corrected chi connectivity index (χ2v) is 14.1. The monoisotopic (exact) mass is 617 g/mol. The van der Waals surface area contributed by atoms with E-state index in [1.807, 2.05) is 6.92 Å². The molecule has 2 aliphatic carbocycles. The van der Waals surface area contributed by atoms with Crippen LogP contribution in [0.25, 0.3) is 0 Å². The molecule has 4 N–H and O–H groups in total. The van der Waals surface area contributed by atoms with Gasteiger partial charge in [-0.1, -0.05) is 60.8 Å². The number of hydrogen-bond acceptors (Lipinski definition) is 7. The first-order valence-electron chi connectivity index (χ1n) is 16.2. The number of fused-ring (bicyclic) bond motifs is 1. The Morgan fingerprint density at radius 1 is 0.818 bits per heavy atom. The zero-order chi connectivity index (χ0) is 32.9. The molecule has 1 aliphatic heterocycles. The molecule has 0 radical (unpaired) electrons. The van der Waals surface area contributed by atoms with Gasteiger partial charge >= 0.3 is 0 Å². The van der Waals surface area contributed by atoms with Gasteiger partial charge in [-0.3, -0.25) is 33.6 Å². The third kappa shape index (κ3) is 8.65. The largest absolute Gasteiger partial charge is 0.347 e. The van der Waals surface area contributed by atoms with Crippen LogP contribution >= 0.6 is 0 Å². The van der Waals surface area contributed by atoms with E-state index in [9.17, 15) is 33.6 Å². The lowest BCUT2D eigenvalue weighted by molar-refractivity contribution is -0.147. The number of ketones is 2. The Morgan fingerprint density at radius 2 is 1.45 bits per heavy atom. The van der Waals surface area contributed by atoms with Crippen LogP contribution in [0.1, 0.15) is 106 Å². The van der Waals surface area contributed by atoms with E-state index in [0.29, 0.717) is 19.3 Å². The van der Waals surface area contributed by atoms with Gasteiger partial charge in [-0.25, -0.2) is 0 Å². The highest BCUT2D eigenvalue weighted by molar-refractivity contribution is 6.38. The summed E-state index contributed by atoms with van der Waals surface area (Å²) in [6.07, 6.45) is 6.42. The number of nitrogens with one attached hydrogen (secondary N) is 4. The normalized spacial score (nSPS) is 23.5. The Morgan fingerprint density at radius 3 is 2.02 bits per heavy atom. The summed E-state index contributed by atoms with van der Waals surface area (Å²) in [6, 6.07) is -4.17. The van der Waals surface area contributed by atoms with Crippen LogP contribution in [0.5, 0.6) is 0 Å². The molecule has 0 aromatic rings. The maximum Gasteiger partial charge on any atom is 0.289 e. The summed E-state index contributed by atoms with van der Waals surface area (Å²) in [5, 5.41) is 10.7. The summed E-state index contributed by atoms with van der Waals surface area (Å²) < 4.78 is 0. The van der Waals surface area contributed by atoms with E-state index in [0.717, 1.165) is 38.5 Å². The average molecular weight is 618 g/mol. The van der Waals surface area contributed by atoms with E-state index >= 15 is 0 Å². The highest BCUT2D eigenvalue weighted by Gasteiger charge is 2.51. The van der Waals surface area contributed by atoms with Gasteiger partial charge in [0.2, 0.25) is 29.3 Å². The van der Waals surface area contributed by atoms with Crippen LogP contribution in [0.15, 0.2) is 0 Å². The minimum Gasteiger partial charge on any atom is -0.347 e. The molecule has 6 atom stereocenters. The van der Waals surface area contributed by atoms with E-state index in [4.69, 9.17) is 0 Å². The van der Waals surface area contributed by atoms with Crippen LogP contribution < -0.4 is 21.3 Å². The molecular weight excluding hydrogens is 566 g/mol. The van der Waals surface area contributed by atoms with E-state index in [2.05, 4.69) is 21.3 Å². The molecule has 1 heterocycles. The van der Waals surface area contributed by atoms with Crippen molar-refractivity contribution in [2.24, 2.45) is 17.3 Å². The van der Waals surface area contributed by atoms with Gasteiger partial charge in [0, 0.05) is 18.0 Å². The van der Waals surface area contributed by atoms with Gasteiger partial charge in [-0.05, 0) is 56.8 Å². The van der Waals surface area contributed by atoms with E-state index in [1.54, 1.807) is 39.5 Å². The van der Waals surface area contributed by atoms with Gasteiger partial charge in [-0.2, -0.15) is 0 Å². The molecule has 3 rings (SSSR count). The van der Waals surface area contributed by atoms with E-state index < -0.39 is 76.6 Å². The Kier molecular flexibility index (Phi) is 11.7. The molecule has 5 amide bonds. The lowest BCUT2D eigenvalue weighted by atomic mass is 9.83. The molecule has 12 heteroatoms. The van der Waals surface area contributed by atoms with Crippen molar-refractivity contribution in [3.8, 4) is 0 Å².